The number of hydrogen-bond acceptors (Lipinski definition) is 2. The van der Waals surface area contributed by atoms with Gasteiger partial charge in [-0.1, -0.05) is 0 Å². The molecule has 1 unspecified atom stereocenters. The molecule has 0 bridgehead atoms. The number of sulfonamides is 1. The van der Waals surface area contributed by atoms with Gasteiger partial charge in [0.1, 0.15) is 0 Å². The van der Waals surface area contributed by atoms with Crippen LogP contribution in [0.3, 0.4) is 0 Å². The van der Waals surface area contributed by atoms with Crippen LogP contribution in [-0.2, 0) is 10.0 Å². The molecule has 1 atom stereocenters. The van der Waals surface area contributed by atoms with Crippen molar-refractivity contribution in [1.29, 1.82) is 0 Å². The summed E-state index contributed by atoms with van der Waals surface area (Å²) in [6, 6.07) is -0.191. The van der Waals surface area contributed by atoms with Crippen LogP contribution in [0.2, 0.25) is 0 Å². The monoisotopic (exact) mass is 199 g/mol. The Balaban J connectivity index is 4.15. The fourth-order valence-electron chi connectivity index (χ4n) is 0.448. The Labute approximate surface area is 73.2 Å². The molecule has 0 aliphatic carbocycles. The lowest BCUT2D eigenvalue weighted by atomic mass is 10.4. The standard InChI is InChI=1S/C6H14ClNO2S/c1-5(2)11(9,10)8-6(3)4-7/h5-6,8H,4H2,1-3H3. The maximum atomic E-state index is 11.1. The van der Waals surface area contributed by atoms with Crippen LogP contribution in [0.25, 0.3) is 0 Å². The fourth-order valence-corrected chi connectivity index (χ4v) is 1.53. The number of nitrogens with one attached hydrogen (secondary N) is 1. The summed E-state index contributed by atoms with van der Waals surface area (Å²) in [6.45, 7) is 4.99. The highest BCUT2D eigenvalue weighted by molar-refractivity contribution is 7.90. The molecule has 0 spiro atoms. The van der Waals surface area contributed by atoms with Crippen LogP contribution in [0.15, 0.2) is 0 Å². The first-order valence-electron chi connectivity index (χ1n) is 3.47. The Bertz CT molecular complexity index is 201. The normalized spacial score (nSPS) is 15.4. The molecule has 0 saturated heterocycles. The first-order chi connectivity index (χ1) is 4.90. The van der Waals surface area contributed by atoms with Crippen molar-refractivity contribution in [2.24, 2.45) is 0 Å². The molecule has 11 heavy (non-hydrogen) atoms. The van der Waals surface area contributed by atoms with E-state index in [9.17, 15) is 8.42 Å². The molecule has 0 aromatic heterocycles. The summed E-state index contributed by atoms with van der Waals surface area (Å²) in [7, 11) is -3.14. The molecule has 1 N–H and O–H groups in total. The lowest BCUT2D eigenvalue weighted by molar-refractivity contribution is 0.561. The molecule has 0 saturated carbocycles. The van der Waals surface area contributed by atoms with Gasteiger partial charge in [-0.25, -0.2) is 13.1 Å². The summed E-state index contributed by atoms with van der Waals surface area (Å²) in [5.41, 5.74) is 0. The predicted molar refractivity (Wildman–Crippen MR) is 47.4 cm³/mol. The quantitative estimate of drug-likeness (QED) is 0.686. The van der Waals surface area contributed by atoms with Gasteiger partial charge in [-0.3, -0.25) is 0 Å². The zero-order valence-electron chi connectivity index (χ0n) is 6.96. The number of rotatable bonds is 4. The van der Waals surface area contributed by atoms with Gasteiger partial charge in [0, 0.05) is 11.9 Å². The Hall–Kier alpha value is 0.200. The Morgan fingerprint density at radius 2 is 1.82 bits per heavy atom. The third kappa shape index (κ3) is 3.94. The molecule has 0 aromatic carbocycles. The van der Waals surface area contributed by atoms with Crippen molar-refractivity contribution in [2.75, 3.05) is 5.88 Å². The van der Waals surface area contributed by atoms with Crippen LogP contribution < -0.4 is 4.72 Å². The molecule has 3 nitrogen and oxygen atoms in total. The van der Waals surface area contributed by atoms with E-state index in [1.807, 2.05) is 0 Å². The van der Waals surface area contributed by atoms with Crippen molar-refractivity contribution in [3.05, 3.63) is 0 Å². The summed E-state index contributed by atoms with van der Waals surface area (Å²) in [4.78, 5) is 0. The first kappa shape index (κ1) is 11.2. The van der Waals surface area contributed by atoms with Crippen molar-refractivity contribution in [3.63, 3.8) is 0 Å². The molecule has 0 amide bonds. The third-order valence-electron chi connectivity index (χ3n) is 1.22. The number of halogens is 1. The molecule has 0 aliphatic heterocycles. The first-order valence-corrected chi connectivity index (χ1v) is 5.55. The summed E-state index contributed by atoms with van der Waals surface area (Å²) >= 11 is 5.44. The second-order valence-electron chi connectivity index (χ2n) is 2.77. The maximum absolute atomic E-state index is 11.1. The highest BCUT2D eigenvalue weighted by Crippen LogP contribution is 1.98. The second kappa shape index (κ2) is 4.28. The number of hydrogen-bond donors (Lipinski definition) is 1. The van der Waals surface area contributed by atoms with Gasteiger partial charge in [0.25, 0.3) is 0 Å². The van der Waals surface area contributed by atoms with Crippen LogP contribution >= 0.6 is 11.6 Å². The van der Waals surface area contributed by atoms with Gasteiger partial charge in [0.05, 0.1) is 5.25 Å². The van der Waals surface area contributed by atoms with Crippen molar-refractivity contribution >= 4 is 21.6 Å². The van der Waals surface area contributed by atoms with E-state index in [1.165, 1.54) is 0 Å². The average molecular weight is 200 g/mol. The van der Waals surface area contributed by atoms with Crippen molar-refractivity contribution in [1.82, 2.24) is 4.72 Å². The Morgan fingerprint density at radius 1 is 1.36 bits per heavy atom. The minimum atomic E-state index is -3.14. The third-order valence-corrected chi connectivity index (χ3v) is 3.65. The Kier molecular flexibility index (Phi) is 4.36. The molecule has 0 rings (SSSR count). The van der Waals surface area contributed by atoms with Gasteiger partial charge in [-0.15, -0.1) is 11.6 Å². The van der Waals surface area contributed by atoms with E-state index in [0.29, 0.717) is 5.88 Å². The molecule has 0 aromatic rings. The van der Waals surface area contributed by atoms with E-state index < -0.39 is 15.3 Å². The van der Waals surface area contributed by atoms with E-state index in [1.54, 1.807) is 20.8 Å². The van der Waals surface area contributed by atoms with Crippen molar-refractivity contribution < 1.29 is 8.42 Å². The van der Waals surface area contributed by atoms with E-state index in [0.717, 1.165) is 0 Å². The van der Waals surface area contributed by atoms with E-state index in [-0.39, 0.29) is 6.04 Å². The molecular weight excluding hydrogens is 186 g/mol. The molecule has 5 heteroatoms. The largest absolute Gasteiger partial charge is 0.214 e. The fraction of sp³-hybridized carbons (Fsp3) is 1.00. The lowest BCUT2D eigenvalue weighted by Gasteiger charge is -2.13. The van der Waals surface area contributed by atoms with Crippen LogP contribution in [0.5, 0.6) is 0 Å². The van der Waals surface area contributed by atoms with Gasteiger partial charge in [0.2, 0.25) is 10.0 Å². The van der Waals surface area contributed by atoms with Crippen molar-refractivity contribution in [2.45, 2.75) is 32.1 Å². The van der Waals surface area contributed by atoms with Gasteiger partial charge >= 0.3 is 0 Å². The van der Waals surface area contributed by atoms with E-state index in [4.69, 9.17) is 11.6 Å². The van der Waals surface area contributed by atoms with Gasteiger partial charge < -0.3 is 0 Å². The molecule has 0 fully saturated rings. The topological polar surface area (TPSA) is 46.2 Å². The zero-order chi connectivity index (χ0) is 9.07. The summed E-state index contributed by atoms with van der Waals surface area (Å²) in [5, 5.41) is -0.395. The molecular formula is C6H14ClNO2S. The maximum Gasteiger partial charge on any atom is 0.214 e. The lowest BCUT2D eigenvalue weighted by Crippen LogP contribution is -2.38. The average Bonchev–Trinajstić information content (AvgIpc) is 1.86. The SMILES string of the molecule is CC(CCl)NS(=O)(=O)C(C)C. The van der Waals surface area contributed by atoms with Gasteiger partial charge in [-0.2, -0.15) is 0 Å². The van der Waals surface area contributed by atoms with Crippen LogP contribution in [-0.4, -0.2) is 25.6 Å². The van der Waals surface area contributed by atoms with Crippen LogP contribution in [0, 0.1) is 0 Å². The molecule has 68 valence electrons. The number of alkyl halides is 1. The van der Waals surface area contributed by atoms with Gasteiger partial charge in [0.15, 0.2) is 0 Å². The highest BCUT2D eigenvalue weighted by Gasteiger charge is 2.17. The molecule has 0 heterocycles. The molecule has 0 radical (unpaired) electrons. The molecule has 0 aliphatic rings. The van der Waals surface area contributed by atoms with Crippen molar-refractivity contribution in [3.8, 4) is 0 Å². The summed E-state index contributed by atoms with van der Waals surface area (Å²) in [5.74, 6) is 0.298. The van der Waals surface area contributed by atoms with Crippen LogP contribution in [0.4, 0.5) is 0 Å². The smallest absolute Gasteiger partial charge is 0.212 e. The van der Waals surface area contributed by atoms with E-state index >= 15 is 0 Å². The minimum absolute atomic E-state index is 0.191. The van der Waals surface area contributed by atoms with E-state index in [2.05, 4.69) is 4.72 Å². The predicted octanol–water partition coefficient (Wildman–Crippen LogP) is 0.942. The Morgan fingerprint density at radius 3 is 2.09 bits per heavy atom. The summed E-state index contributed by atoms with van der Waals surface area (Å²) in [6.07, 6.45) is 0. The minimum Gasteiger partial charge on any atom is -0.212 e. The van der Waals surface area contributed by atoms with Crippen LogP contribution in [0.1, 0.15) is 20.8 Å². The highest BCUT2D eigenvalue weighted by atomic mass is 35.5. The van der Waals surface area contributed by atoms with Gasteiger partial charge in [-0.05, 0) is 20.8 Å². The second-order valence-corrected chi connectivity index (χ2v) is 5.34. The zero-order valence-corrected chi connectivity index (χ0v) is 8.54. The summed E-state index contributed by atoms with van der Waals surface area (Å²) < 4.78 is 24.7.